The molecule has 3 aliphatic rings. The van der Waals surface area contributed by atoms with Crippen molar-refractivity contribution in [2.24, 2.45) is 22.6 Å². The summed E-state index contributed by atoms with van der Waals surface area (Å²) < 4.78 is 6.00. The van der Waals surface area contributed by atoms with Crippen molar-refractivity contribution in [3.8, 4) is 5.75 Å². The molecular formula is C29H37N5O4. The van der Waals surface area contributed by atoms with Gasteiger partial charge in [0.1, 0.15) is 17.5 Å². The summed E-state index contributed by atoms with van der Waals surface area (Å²) in [6.45, 7) is 7.66. The van der Waals surface area contributed by atoms with E-state index < -0.39 is 29.3 Å². The van der Waals surface area contributed by atoms with E-state index in [1.165, 1.54) is 0 Å². The zero-order valence-corrected chi connectivity index (χ0v) is 22.4. The molecule has 1 aromatic heterocycles. The van der Waals surface area contributed by atoms with Crippen molar-refractivity contribution in [1.82, 2.24) is 15.2 Å². The molecule has 2 amide bonds. The lowest BCUT2D eigenvalue weighted by atomic mass is 9.86. The van der Waals surface area contributed by atoms with Crippen LogP contribution in [-0.4, -0.2) is 50.0 Å². The monoisotopic (exact) mass is 519 g/mol. The first-order valence-corrected chi connectivity index (χ1v) is 13.4. The number of nitrogens with one attached hydrogen (secondary N) is 1. The standard InChI is InChI=1S/C29H37N5O4/c1-5-29(6-2)15-22(35)34(27(30)33-29)24(17-10-9-13-31-16-17)19-14-20(19)26(37)32-23-18-11-7-8-12-21(18)38-28(3,4)25(23)36/h7-13,16,19-20,23-25,36H,5-6,14-15H2,1-4H3,(H2,30,33)(H,32,37)/t19-,20-,23-,24-,25+/m1/s1. The van der Waals surface area contributed by atoms with Crippen LogP contribution in [0.15, 0.2) is 53.8 Å². The minimum atomic E-state index is -0.935. The summed E-state index contributed by atoms with van der Waals surface area (Å²) in [5.41, 5.74) is 6.66. The van der Waals surface area contributed by atoms with E-state index >= 15 is 0 Å². The van der Waals surface area contributed by atoms with Crippen molar-refractivity contribution < 1.29 is 19.4 Å². The molecule has 5 atom stereocenters. The van der Waals surface area contributed by atoms with Gasteiger partial charge in [-0.15, -0.1) is 0 Å². The number of aliphatic hydroxyl groups excluding tert-OH is 1. The smallest absolute Gasteiger partial charge is 0.232 e. The van der Waals surface area contributed by atoms with Crippen molar-refractivity contribution in [3.05, 3.63) is 59.9 Å². The number of aliphatic imine (C=N–C) groups is 1. The van der Waals surface area contributed by atoms with Gasteiger partial charge in [0, 0.05) is 23.9 Å². The molecule has 9 heteroatoms. The topological polar surface area (TPSA) is 130 Å². The van der Waals surface area contributed by atoms with Crippen LogP contribution in [0.2, 0.25) is 0 Å². The van der Waals surface area contributed by atoms with Gasteiger partial charge in [0.05, 0.1) is 24.0 Å². The maximum Gasteiger partial charge on any atom is 0.232 e. The lowest BCUT2D eigenvalue weighted by Gasteiger charge is -2.42. The summed E-state index contributed by atoms with van der Waals surface area (Å²) in [4.78, 5) is 37.7. The minimum absolute atomic E-state index is 0.0864. The van der Waals surface area contributed by atoms with Crippen LogP contribution in [0.3, 0.4) is 0 Å². The summed E-state index contributed by atoms with van der Waals surface area (Å²) in [5, 5.41) is 14.2. The maximum atomic E-state index is 13.6. The van der Waals surface area contributed by atoms with Gasteiger partial charge < -0.3 is 20.9 Å². The van der Waals surface area contributed by atoms with E-state index in [1.807, 2.05) is 64.1 Å². The Bertz CT molecular complexity index is 1240. The number of carbonyl (C=O) groups is 2. The van der Waals surface area contributed by atoms with Crippen molar-refractivity contribution in [1.29, 1.82) is 0 Å². The van der Waals surface area contributed by atoms with E-state index in [2.05, 4.69) is 10.3 Å². The molecule has 4 N–H and O–H groups in total. The number of nitrogens with two attached hydrogens (primary N) is 1. The summed E-state index contributed by atoms with van der Waals surface area (Å²) >= 11 is 0. The average Bonchev–Trinajstić information content (AvgIpc) is 3.69. The third-order valence-electron chi connectivity index (χ3n) is 8.50. The number of para-hydroxylation sites is 1. The summed E-state index contributed by atoms with van der Waals surface area (Å²) in [7, 11) is 0. The van der Waals surface area contributed by atoms with Crippen LogP contribution < -0.4 is 15.8 Å². The van der Waals surface area contributed by atoms with Gasteiger partial charge in [-0.05, 0) is 56.7 Å². The molecule has 38 heavy (non-hydrogen) atoms. The summed E-state index contributed by atoms with van der Waals surface area (Å²) in [6, 6.07) is 10.1. The number of amides is 2. The van der Waals surface area contributed by atoms with Gasteiger partial charge in [-0.3, -0.25) is 19.5 Å². The second kappa shape index (κ2) is 9.69. The van der Waals surface area contributed by atoms with E-state index in [9.17, 15) is 14.7 Å². The van der Waals surface area contributed by atoms with E-state index in [0.717, 1.165) is 24.0 Å². The number of benzene rings is 1. The quantitative estimate of drug-likeness (QED) is 0.515. The summed E-state index contributed by atoms with van der Waals surface area (Å²) in [5.74, 6) is 0.0730. The SMILES string of the molecule is CCC1(CC)CC(=O)N([C@H](c2cccnc2)[C@@H]2C[C@H]2C(=O)N[C@@H]2c3ccccc3OC(C)(C)[C@H]2O)C(N)=N1. The highest BCUT2D eigenvalue weighted by molar-refractivity contribution is 5.99. The van der Waals surface area contributed by atoms with E-state index in [-0.39, 0.29) is 36.0 Å². The first kappa shape index (κ1) is 26.2. The number of pyridine rings is 1. The molecule has 2 aliphatic heterocycles. The minimum Gasteiger partial charge on any atom is -0.485 e. The number of ether oxygens (including phenoxy) is 1. The highest BCUT2D eigenvalue weighted by Gasteiger charge is 2.54. The lowest BCUT2D eigenvalue weighted by Crippen LogP contribution is -2.54. The average molecular weight is 520 g/mol. The first-order chi connectivity index (χ1) is 18.1. The Morgan fingerprint density at radius 3 is 2.63 bits per heavy atom. The predicted octanol–water partition coefficient (Wildman–Crippen LogP) is 3.25. The molecule has 202 valence electrons. The highest BCUT2D eigenvalue weighted by Crippen LogP contribution is 2.52. The molecule has 1 saturated carbocycles. The highest BCUT2D eigenvalue weighted by atomic mass is 16.5. The maximum absolute atomic E-state index is 13.6. The number of hydrogen-bond acceptors (Lipinski definition) is 7. The fourth-order valence-corrected chi connectivity index (χ4v) is 5.95. The number of rotatable bonds is 7. The van der Waals surface area contributed by atoms with Crippen LogP contribution in [0.5, 0.6) is 5.75 Å². The van der Waals surface area contributed by atoms with E-state index in [4.69, 9.17) is 15.5 Å². The van der Waals surface area contributed by atoms with Gasteiger partial charge in [0.15, 0.2) is 5.96 Å². The van der Waals surface area contributed by atoms with Gasteiger partial charge >= 0.3 is 0 Å². The molecule has 0 spiro atoms. The number of fused-ring (bicyclic) bond motifs is 1. The normalized spacial score (nSPS) is 28.0. The number of nitrogens with zero attached hydrogens (tertiary/aromatic N) is 3. The Morgan fingerprint density at radius 1 is 1.24 bits per heavy atom. The molecule has 1 aliphatic carbocycles. The Labute approximate surface area is 223 Å². The molecule has 1 fully saturated rings. The Hall–Kier alpha value is -3.46. The zero-order chi connectivity index (χ0) is 27.2. The van der Waals surface area contributed by atoms with E-state index in [1.54, 1.807) is 17.3 Å². The fraction of sp³-hybridized carbons (Fsp3) is 0.517. The van der Waals surface area contributed by atoms with E-state index in [0.29, 0.717) is 12.2 Å². The molecule has 9 nitrogen and oxygen atoms in total. The number of guanidine groups is 1. The van der Waals surface area contributed by atoms with Crippen molar-refractivity contribution in [3.63, 3.8) is 0 Å². The van der Waals surface area contributed by atoms with Crippen molar-refractivity contribution in [2.75, 3.05) is 0 Å². The molecular weight excluding hydrogens is 482 g/mol. The Balaban J connectivity index is 1.42. The van der Waals surface area contributed by atoms with Crippen molar-refractivity contribution in [2.45, 2.75) is 82.7 Å². The second-order valence-electron chi connectivity index (χ2n) is 11.3. The molecule has 0 saturated heterocycles. The van der Waals surface area contributed by atoms with Gasteiger partial charge in [-0.1, -0.05) is 38.1 Å². The molecule has 2 aromatic rings. The molecule has 0 radical (unpaired) electrons. The largest absolute Gasteiger partial charge is 0.485 e. The fourth-order valence-electron chi connectivity index (χ4n) is 5.95. The Morgan fingerprint density at radius 2 is 1.97 bits per heavy atom. The lowest BCUT2D eigenvalue weighted by molar-refractivity contribution is -0.133. The van der Waals surface area contributed by atoms with Crippen LogP contribution in [-0.2, 0) is 9.59 Å². The Kier molecular flexibility index (Phi) is 6.67. The number of carbonyl (C=O) groups excluding carboxylic acids is 2. The second-order valence-corrected chi connectivity index (χ2v) is 11.3. The third-order valence-corrected chi connectivity index (χ3v) is 8.50. The van der Waals surface area contributed by atoms with Gasteiger partial charge in [0.2, 0.25) is 11.8 Å². The molecule has 3 heterocycles. The van der Waals surface area contributed by atoms with Gasteiger partial charge in [0.25, 0.3) is 0 Å². The molecule has 0 bridgehead atoms. The molecule has 0 unspecified atom stereocenters. The molecule has 1 aromatic carbocycles. The van der Waals surface area contributed by atoms with Crippen LogP contribution in [0, 0.1) is 11.8 Å². The van der Waals surface area contributed by atoms with Gasteiger partial charge in [-0.2, -0.15) is 0 Å². The van der Waals surface area contributed by atoms with Crippen LogP contribution in [0.25, 0.3) is 0 Å². The van der Waals surface area contributed by atoms with Crippen LogP contribution >= 0.6 is 0 Å². The predicted molar refractivity (Wildman–Crippen MR) is 143 cm³/mol. The number of hydrogen-bond donors (Lipinski definition) is 3. The zero-order valence-electron chi connectivity index (χ0n) is 22.4. The third kappa shape index (κ3) is 4.53. The first-order valence-electron chi connectivity index (χ1n) is 13.4. The number of aromatic nitrogens is 1. The van der Waals surface area contributed by atoms with Crippen molar-refractivity contribution >= 4 is 17.8 Å². The summed E-state index contributed by atoms with van der Waals surface area (Å²) in [6.07, 6.45) is 4.78. The molecule has 5 rings (SSSR count). The van der Waals surface area contributed by atoms with Crippen LogP contribution in [0.1, 0.15) is 76.6 Å². The van der Waals surface area contributed by atoms with Gasteiger partial charge in [-0.25, -0.2) is 4.99 Å². The van der Waals surface area contributed by atoms with Crippen LogP contribution in [0.4, 0.5) is 0 Å². The number of aliphatic hydroxyl groups is 1.